The van der Waals surface area contributed by atoms with Crippen molar-refractivity contribution in [2.75, 3.05) is 0 Å². The molecule has 0 aliphatic carbocycles. The van der Waals surface area contributed by atoms with Gasteiger partial charge >= 0.3 is 0 Å². The van der Waals surface area contributed by atoms with Crippen molar-refractivity contribution in [3.05, 3.63) is 125 Å². The molecule has 180 valence electrons. The number of aromatic nitrogens is 1. The molecule has 0 spiro atoms. The van der Waals surface area contributed by atoms with Crippen LogP contribution in [-0.2, 0) is 22.7 Å². The molecule has 1 amide bonds. The maximum atomic E-state index is 13.1. The van der Waals surface area contributed by atoms with Gasteiger partial charge in [-0.25, -0.2) is 0 Å². The second-order valence-electron chi connectivity index (χ2n) is 8.59. The van der Waals surface area contributed by atoms with Crippen molar-refractivity contribution in [3.63, 3.8) is 0 Å². The first kappa shape index (κ1) is 23.1. The van der Waals surface area contributed by atoms with Gasteiger partial charge in [0.15, 0.2) is 0 Å². The van der Waals surface area contributed by atoms with Crippen LogP contribution in [0.1, 0.15) is 34.1 Å². The number of benzene rings is 2. The molecule has 1 saturated heterocycles. The highest BCUT2D eigenvalue weighted by Crippen LogP contribution is 2.40. The minimum atomic E-state index is -0.782. The number of hydrogen-bond donors (Lipinski definition) is 1. The van der Waals surface area contributed by atoms with Gasteiger partial charge in [-0.15, -0.1) is 0 Å². The zero-order valence-electron chi connectivity index (χ0n) is 19.6. The molecule has 7 heteroatoms. The highest BCUT2D eigenvalue weighted by Gasteiger charge is 2.46. The molecule has 1 fully saturated rings. The summed E-state index contributed by atoms with van der Waals surface area (Å²) in [6.07, 6.45) is 4.68. The molecule has 4 aromatic rings. The number of ether oxygens (including phenoxy) is 1. The summed E-state index contributed by atoms with van der Waals surface area (Å²) < 4.78 is 11.3. The van der Waals surface area contributed by atoms with Crippen LogP contribution in [0.2, 0.25) is 0 Å². The van der Waals surface area contributed by atoms with E-state index in [2.05, 4.69) is 11.1 Å². The van der Waals surface area contributed by atoms with Crippen molar-refractivity contribution in [1.29, 1.82) is 0 Å². The third-order valence-corrected chi connectivity index (χ3v) is 6.08. The van der Waals surface area contributed by atoms with E-state index in [9.17, 15) is 14.7 Å². The predicted octanol–water partition coefficient (Wildman–Crippen LogP) is 5.18. The minimum Gasteiger partial charge on any atom is -0.507 e. The van der Waals surface area contributed by atoms with Crippen molar-refractivity contribution in [2.24, 2.45) is 0 Å². The van der Waals surface area contributed by atoms with Crippen molar-refractivity contribution in [1.82, 2.24) is 9.88 Å². The molecule has 0 saturated carbocycles. The first-order valence-corrected chi connectivity index (χ1v) is 11.5. The van der Waals surface area contributed by atoms with E-state index in [-0.39, 0.29) is 17.9 Å². The number of ketones is 1. The van der Waals surface area contributed by atoms with Gasteiger partial charge in [0.1, 0.15) is 23.9 Å². The molecule has 1 aliphatic rings. The summed E-state index contributed by atoms with van der Waals surface area (Å²) in [4.78, 5) is 31.6. The maximum Gasteiger partial charge on any atom is 0.296 e. The fraction of sp³-hybridized carbons (Fsp3) is 0.138. The zero-order chi connectivity index (χ0) is 25.1. The Hall–Kier alpha value is -4.65. The number of Topliss-reactive ketones (excluding diaryl/α,β-unsaturated/α-hetero) is 1. The number of furan rings is 1. The number of aryl methyl sites for hydroxylation is 1. The van der Waals surface area contributed by atoms with Crippen LogP contribution in [0.25, 0.3) is 5.76 Å². The summed E-state index contributed by atoms with van der Waals surface area (Å²) in [5.74, 6) is -0.543. The van der Waals surface area contributed by atoms with Crippen molar-refractivity contribution < 1.29 is 23.8 Å². The quantitative estimate of drug-likeness (QED) is 0.222. The lowest BCUT2D eigenvalue weighted by Crippen LogP contribution is -2.29. The second-order valence-corrected chi connectivity index (χ2v) is 8.59. The minimum absolute atomic E-state index is 0.0196. The number of nitrogens with zero attached hydrogens (tertiary/aromatic N) is 2. The zero-order valence-corrected chi connectivity index (χ0v) is 19.6. The van der Waals surface area contributed by atoms with Gasteiger partial charge in [-0.1, -0.05) is 29.8 Å². The SMILES string of the molecule is Cc1cccc(COc2ccc(C(O)=C3C(=O)C(=O)N(Cc4ccco4)C3c3ccncc3)cc2)c1. The number of hydrogen-bond acceptors (Lipinski definition) is 6. The molecule has 1 unspecified atom stereocenters. The Morgan fingerprint density at radius 1 is 1.03 bits per heavy atom. The molecular weight excluding hydrogens is 456 g/mol. The van der Waals surface area contributed by atoms with E-state index in [4.69, 9.17) is 9.15 Å². The molecule has 1 N–H and O–H groups in total. The molecule has 0 radical (unpaired) electrons. The average molecular weight is 481 g/mol. The number of aliphatic hydroxyl groups is 1. The highest BCUT2D eigenvalue weighted by atomic mass is 16.5. The smallest absolute Gasteiger partial charge is 0.296 e. The molecular formula is C29H24N2O5. The van der Waals surface area contributed by atoms with E-state index in [0.29, 0.717) is 29.2 Å². The number of carbonyl (C=O) groups excluding carboxylic acids is 2. The number of likely N-dealkylation sites (tertiary alicyclic amines) is 1. The lowest BCUT2D eigenvalue weighted by molar-refractivity contribution is -0.140. The standard InChI is InChI=1S/C29H24N2O5/c1-19-4-2-5-20(16-19)18-36-23-9-7-22(8-10-23)27(32)25-26(21-11-13-30-14-12-21)31(29(34)28(25)33)17-24-6-3-15-35-24/h2-16,26,32H,17-18H2,1H3. The summed E-state index contributed by atoms with van der Waals surface area (Å²) in [6.45, 7) is 2.53. The van der Waals surface area contributed by atoms with Gasteiger partial charge in [-0.2, -0.15) is 0 Å². The van der Waals surface area contributed by atoms with Crippen LogP contribution in [0.5, 0.6) is 5.75 Å². The third-order valence-electron chi connectivity index (χ3n) is 6.08. The van der Waals surface area contributed by atoms with Gasteiger partial charge in [0.25, 0.3) is 11.7 Å². The lowest BCUT2D eigenvalue weighted by Gasteiger charge is -2.24. The summed E-state index contributed by atoms with van der Waals surface area (Å²) in [6, 6.07) is 21.0. The van der Waals surface area contributed by atoms with E-state index in [1.807, 2.05) is 25.1 Å². The van der Waals surface area contributed by atoms with E-state index < -0.39 is 17.7 Å². The van der Waals surface area contributed by atoms with Crippen LogP contribution < -0.4 is 4.74 Å². The topological polar surface area (TPSA) is 92.9 Å². The summed E-state index contributed by atoms with van der Waals surface area (Å²) in [5, 5.41) is 11.2. The van der Waals surface area contributed by atoms with Crippen molar-refractivity contribution >= 4 is 17.4 Å². The average Bonchev–Trinajstić information content (AvgIpc) is 3.50. The summed E-state index contributed by atoms with van der Waals surface area (Å²) in [5.41, 5.74) is 3.30. The Balaban J connectivity index is 1.45. The largest absolute Gasteiger partial charge is 0.507 e. The van der Waals surface area contributed by atoms with Crippen molar-refractivity contribution in [2.45, 2.75) is 26.1 Å². The molecule has 36 heavy (non-hydrogen) atoms. The molecule has 3 heterocycles. The van der Waals surface area contributed by atoms with Gasteiger partial charge in [0.05, 0.1) is 24.4 Å². The molecule has 2 aromatic carbocycles. The van der Waals surface area contributed by atoms with E-state index >= 15 is 0 Å². The number of amides is 1. The number of carbonyl (C=O) groups is 2. The number of pyridine rings is 1. The second kappa shape index (κ2) is 9.92. The van der Waals surface area contributed by atoms with E-state index in [1.165, 1.54) is 11.2 Å². The fourth-order valence-corrected chi connectivity index (χ4v) is 4.34. The van der Waals surface area contributed by atoms with Gasteiger partial charge < -0.3 is 19.2 Å². The Kier molecular flexibility index (Phi) is 6.36. The van der Waals surface area contributed by atoms with Gasteiger partial charge in [0, 0.05) is 18.0 Å². The fourth-order valence-electron chi connectivity index (χ4n) is 4.34. The van der Waals surface area contributed by atoms with Crippen LogP contribution in [0, 0.1) is 6.92 Å². The Morgan fingerprint density at radius 3 is 2.50 bits per heavy atom. The Labute approximate surface area is 208 Å². The number of rotatable bonds is 7. The summed E-state index contributed by atoms with van der Waals surface area (Å²) in [7, 11) is 0. The Bertz CT molecular complexity index is 1410. The van der Waals surface area contributed by atoms with Gasteiger partial charge in [-0.3, -0.25) is 14.6 Å². The lowest BCUT2D eigenvalue weighted by atomic mass is 9.96. The maximum absolute atomic E-state index is 13.1. The number of aliphatic hydroxyl groups excluding tert-OH is 1. The highest BCUT2D eigenvalue weighted by molar-refractivity contribution is 6.46. The predicted molar refractivity (Wildman–Crippen MR) is 133 cm³/mol. The monoisotopic (exact) mass is 480 g/mol. The summed E-state index contributed by atoms with van der Waals surface area (Å²) >= 11 is 0. The Morgan fingerprint density at radius 2 is 1.81 bits per heavy atom. The van der Waals surface area contributed by atoms with Gasteiger partial charge in [0.2, 0.25) is 0 Å². The normalized spacial score (nSPS) is 16.9. The van der Waals surface area contributed by atoms with Crippen LogP contribution in [0.4, 0.5) is 0 Å². The van der Waals surface area contributed by atoms with E-state index in [1.54, 1.807) is 60.9 Å². The molecule has 7 nitrogen and oxygen atoms in total. The van der Waals surface area contributed by atoms with Crippen LogP contribution >= 0.6 is 0 Å². The molecule has 0 bridgehead atoms. The van der Waals surface area contributed by atoms with Crippen LogP contribution in [-0.4, -0.2) is 26.7 Å². The molecule has 1 aliphatic heterocycles. The third kappa shape index (κ3) is 4.63. The molecule has 2 aromatic heterocycles. The van der Waals surface area contributed by atoms with Crippen molar-refractivity contribution in [3.8, 4) is 5.75 Å². The van der Waals surface area contributed by atoms with Gasteiger partial charge in [-0.05, 0) is 66.6 Å². The van der Waals surface area contributed by atoms with Crippen LogP contribution in [0.3, 0.4) is 0 Å². The first-order chi connectivity index (χ1) is 17.5. The molecule has 1 atom stereocenters. The molecule has 5 rings (SSSR count). The van der Waals surface area contributed by atoms with E-state index in [0.717, 1.165) is 11.1 Å². The van der Waals surface area contributed by atoms with Crippen LogP contribution in [0.15, 0.2) is 101 Å². The first-order valence-electron chi connectivity index (χ1n) is 11.5.